The van der Waals surface area contributed by atoms with Crippen LogP contribution in [-0.4, -0.2) is 88.9 Å². The minimum Gasteiger partial charge on any atom is -0.356 e. The van der Waals surface area contributed by atoms with Gasteiger partial charge in [0.2, 0.25) is 11.8 Å². The Balaban J connectivity index is 1.88. The summed E-state index contributed by atoms with van der Waals surface area (Å²) in [7, 11) is 0. The van der Waals surface area contributed by atoms with Gasteiger partial charge >= 0.3 is 18.0 Å². The predicted molar refractivity (Wildman–Crippen MR) is 130 cm³/mol. The number of carbonyl (C=O) groups is 5. The minimum atomic E-state index is -6.20. The molecule has 5 amide bonds. The van der Waals surface area contributed by atoms with E-state index in [4.69, 9.17) is 11.6 Å². The molecule has 3 N–H and O–H groups in total. The van der Waals surface area contributed by atoms with E-state index in [-0.39, 0.29) is 25.3 Å². The molecule has 0 unspecified atom stereocenters. The van der Waals surface area contributed by atoms with Crippen molar-refractivity contribution in [3.05, 3.63) is 0 Å². The molecular weight excluding hydrogens is 588 g/mol. The molecule has 1 aliphatic carbocycles. The van der Waals surface area contributed by atoms with Crippen molar-refractivity contribution in [2.24, 2.45) is 23.7 Å². The fraction of sp³-hybridized carbons (Fsp3) is 0.792. The SMILES string of the molecule is CC[C@H](C)[C@H](NC(=O)C(F)(F)C(F)(F)F)C(=O)N1C[C@@H]2CCC[C@@H]2[C@H]1C(=O)NN(C[C@@H]1CCNC1=O)C(=O)[C@H](F)Cl. The fourth-order valence-electron chi connectivity index (χ4n) is 5.64. The molecule has 3 rings (SSSR count). The number of hydrazine groups is 1. The summed E-state index contributed by atoms with van der Waals surface area (Å²) in [5, 5.41) is 4.63. The molecule has 7 atom stereocenters. The Morgan fingerprint density at radius 3 is 2.34 bits per heavy atom. The number of alkyl halides is 7. The largest absolute Gasteiger partial charge is 0.463 e. The van der Waals surface area contributed by atoms with Gasteiger partial charge < -0.3 is 15.5 Å². The quantitative estimate of drug-likeness (QED) is 0.206. The van der Waals surface area contributed by atoms with Gasteiger partial charge in [-0.05, 0) is 37.0 Å². The highest BCUT2D eigenvalue weighted by molar-refractivity contribution is 6.29. The molecule has 41 heavy (non-hydrogen) atoms. The van der Waals surface area contributed by atoms with E-state index in [1.165, 1.54) is 19.2 Å². The Morgan fingerprint density at radius 2 is 1.80 bits per heavy atom. The van der Waals surface area contributed by atoms with Crippen molar-refractivity contribution in [2.45, 2.75) is 75.8 Å². The monoisotopic (exact) mass is 619 g/mol. The Labute approximate surface area is 236 Å². The number of carbonyl (C=O) groups excluding carboxylic acids is 5. The third kappa shape index (κ3) is 6.83. The zero-order valence-corrected chi connectivity index (χ0v) is 23.0. The van der Waals surface area contributed by atoms with Gasteiger partial charge in [-0.3, -0.25) is 29.4 Å². The predicted octanol–water partition coefficient (Wildman–Crippen LogP) is 1.87. The third-order valence-electron chi connectivity index (χ3n) is 8.11. The first-order valence-electron chi connectivity index (χ1n) is 13.2. The van der Waals surface area contributed by atoms with E-state index in [2.05, 4.69) is 10.7 Å². The molecule has 2 heterocycles. The highest BCUT2D eigenvalue weighted by Crippen LogP contribution is 2.43. The maximum atomic E-state index is 13.8. The van der Waals surface area contributed by atoms with Crippen LogP contribution < -0.4 is 16.1 Å². The van der Waals surface area contributed by atoms with Gasteiger partial charge in [-0.15, -0.1) is 0 Å². The molecule has 2 saturated heterocycles. The molecule has 3 aliphatic rings. The number of hydrogen-bond donors (Lipinski definition) is 3. The molecule has 17 heteroatoms. The Kier molecular flexibility index (Phi) is 10.1. The van der Waals surface area contributed by atoms with E-state index >= 15 is 0 Å². The molecule has 0 spiro atoms. The van der Waals surface area contributed by atoms with E-state index in [0.29, 0.717) is 30.8 Å². The summed E-state index contributed by atoms with van der Waals surface area (Å²) in [6, 6.07) is -3.14. The van der Waals surface area contributed by atoms with Gasteiger partial charge in [0.05, 0.1) is 12.5 Å². The molecular formula is C24H32ClF6N5O5. The van der Waals surface area contributed by atoms with Crippen LogP contribution in [0.5, 0.6) is 0 Å². The summed E-state index contributed by atoms with van der Waals surface area (Å²) in [6.45, 7) is 2.72. The number of halogens is 7. The zero-order valence-electron chi connectivity index (χ0n) is 22.3. The maximum Gasteiger partial charge on any atom is 0.463 e. The highest BCUT2D eigenvalue weighted by Gasteiger charge is 2.64. The van der Waals surface area contributed by atoms with Gasteiger partial charge in [-0.1, -0.05) is 38.3 Å². The van der Waals surface area contributed by atoms with E-state index in [1.807, 2.05) is 0 Å². The number of likely N-dealkylation sites (tertiary alicyclic amines) is 1. The second-order valence-corrected chi connectivity index (χ2v) is 11.1. The lowest BCUT2D eigenvalue weighted by Gasteiger charge is -2.35. The van der Waals surface area contributed by atoms with Gasteiger partial charge in [0.25, 0.3) is 17.4 Å². The number of fused-ring (bicyclic) bond motifs is 1. The molecule has 0 radical (unpaired) electrons. The Hall–Kier alpha value is -2.78. The van der Waals surface area contributed by atoms with Gasteiger partial charge in [-0.2, -0.15) is 22.0 Å². The Morgan fingerprint density at radius 1 is 1.15 bits per heavy atom. The number of rotatable bonds is 9. The number of nitrogens with zero attached hydrogens (tertiary/aromatic N) is 2. The first-order valence-corrected chi connectivity index (χ1v) is 13.7. The summed E-state index contributed by atoms with van der Waals surface area (Å²) >= 11 is 5.31. The standard InChI is InChI=1S/C24H32ClF6N5O5/c1-3-11(2)15(33-22(41)23(27,28)24(29,30)31)20(39)35-9-12-5-4-6-14(12)16(35)19(38)34-36(21(40)17(25)26)10-13-7-8-32-18(13)37/h11-17H,3-10H2,1-2H3,(H,32,37)(H,33,41)(H,34,38)/t11-,12-,13-,14-,15-,16-,17-/m0/s1. The van der Waals surface area contributed by atoms with E-state index in [1.54, 1.807) is 0 Å². The molecule has 0 aromatic rings. The summed E-state index contributed by atoms with van der Waals surface area (Å²) in [5.74, 6) is -14.6. The average Bonchev–Trinajstić information content (AvgIpc) is 3.60. The van der Waals surface area contributed by atoms with Crippen molar-refractivity contribution >= 4 is 41.1 Å². The topological polar surface area (TPSA) is 128 Å². The zero-order chi connectivity index (χ0) is 30.9. The van der Waals surface area contributed by atoms with Crippen molar-refractivity contribution in [3.63, 3.8) is 0 Å². The van der Waals surface area contributed by atoms with Crippen molar-refractivity contribution in [3.8, 4) is 0 Å². The van der Waals surface area contributed by atoms with Gasteiger partial charge in [-0.25, -0.2) is 9.40 Å². The lowest BCUT2D eigenvalue weighted by molar-refractivity contribution is -0.270. The maximum absolute atomic E-state index is 13.8. The summed E-state index contributed by atoms with van der Waals surface area (Å²) in [4.78, 5) is 64.7. The van der Waals surface area contributed by atoms with Gasteiger partial charge in [0.15, 0.2) is 0 Å². The average molecular weight is 620 g/mol. The third-order valence-corrected chi connectivity index (χ3v) is 8.30. The van der Waals surface area contributed by atoms with Crippen LogP contribution in [0.2, 0.25) is 0 Å². The van der Waals surface area contributed by atoms with Crippen molar-refractivity contribution < 1.29 is 50.3 Å². The smallest absolute Gasteiger partial charge is 0.356 e. The molecule has 3 fully saturated rings. The summed E-state index contributed by atoms with van der Waals surface area (Å²) < 4.78 is 79.6. The van der Waals surface area contributed by atoms with Crippen LogP contribution in [0.1, 0.15) is 46.0 Å². The van der Waals surface area contributed by atoms with Crippen LogP contribution in [-0.2, 0) is 24.0 Å². The first kappa shape index (κ1) is 32.7. The number of nitrogens with one attached hydrogen (secondary N) is 3. The van der Waals surface area contributed by atoms with Gasteiger partial charge in [0.1, 0.15) is 12.1 Å². The van der Waals surface area contributed by atoms with Gasteiger partial charge in [0, 0.05) is 13.1 Å². The molecule has 0 aromatic carbocycles. The molecule has 0 aromatic heterocycles. The number of hydrogen-bond acceptors (Lipinski definition) is 5. The molecule has 232 valence electrons. The second-order valence-electron chi connectivity index (χ2n) is 10.7. The highest BCUT2D eigenvalue weighted by atomic mass is 35.5. The molecule has 0 bridgehead atoms. The summed E-state index contributed by atoms with van der Waals surface area (Å²) in [6.07, 6.45) is -4.08. The normalized spacial score (nSPS) is 26.6. The second kappa shape index (κ2) is 12.6. The lowest BCUT2D eigenvalue weighted by atomic mass is 9.93. The van der Waals surface area contributed by atoms with Crippen LogP contribution in [0.4, 0.5) is 26.3 Å². The molecule has 10 nitrogen and oxygen atoms in total. The van der Waals surface area contributed by atoms with Crippen LogP contribution in [0.3, 0.4) is 0 Å². The van der Waals surface area contributed by atoms with E-state index in [9.17, 15) is 50.3 Å². The fourth-order valence-corrected chi connectivity index (χ4v) is 5.76. The van der Waals surface area contributed by atoms with Crippen molar-refractivity contribution in [1.82, 2.24) is 26.0 Å². The van der Waals surface area contributed by atoms with Crippen LogP contribution in [0, 0.1) is 23.7 Å². The minimum absolute atomic E-state index is 0.0553. The van der Waals surface area contributed by atoms with Crippen LogP contribution >= 0.6 is 11.6 Å². The number of amides is 5. The van der Waals surface area contributed by atoms with Crippen molar-refractivity contribution in [1.29, 1.82) is 0 Å². The molecule has 2 aliphatic heterocycles. The van der Waals surface area contributed by atoms with Crippen molar-refractivity contribution in [2.75, 3.05) is 19.6 Å². The first-order chi connectivity index (χ1) is 19.0. The van der Waals surface area contributed by atoms with E-state index in [0.717, 1.165) is 4.90 Å². The lowest BCUT2D eigenvalue weighted by Crippen LogP contribution is -2.61. The Bertz CT molecular complexity index is 1050. The van der Waals surface area contributed by atoms with Crippen LogP contribution in [0.25, 0.3) is 0 Å². The van der Waals surface area contributed by atoms with E-state index < -0.39 is 83.6 Å². The summed E-state index contributed by atoms with van der Waals surface area (Å²) in [5.41, 5.74) is -0.326. The molecule has 1 saturated carbocycles. The van der Waals surface area contributed by atoms with Crippen LogP contribution in [0.15, 0.2) is 0 Å².